The highest BCUT2D eigenvalue weighted by Crippen LogP contribution is 2.46. The van der Waals surface area contributed by atoms with E-state index in [4.69, 9.17) is 0 Å². The first-order chi connectivity index (χ1) is 12.5. The second-order valence-corrected chi connectivity index (χ2v) is 9.08. The summed E-state index contributed by atoms with van der Waals surface area (Å²) in [6, 6.07) is 9.72. The van der Waals surface area contributed by atoms with Gasteiger partial charge in [-0.1, -0.05) is 77.3 Å². The molecule has 27 heavy (non-hydrogen) atoms. The Labute approximate surface area is 164 Å². The third kappa shape index (κ3) is 5.82. The van der Waals surface area contributed by atoms with Crippen LogP contribution in [0.15, 0.2) is 30.3 Å². The van der Waals surface area contributed by atoms with Crippen LogP contribution in [0.1, 0.15) is 78.7 Å². The minimum absolute atomic E-state index is 0.309. The van der Waals surface area contributed by atoms with E-state index in [2.05, 4.69) is 0 Å². The highest BCUT2D eigenvalue weighted by Gasteiger charge is 2.46. The van der Waals surface area contributed by atoms with Gasteiger partial charge in [0.05, 0.1) is 10.8 Å². The fraction of sp³-hybridized carbons (Fsp3) is 0.652. The van der Waals surface area contributed by atoms with Crippen LogP contribution in [-0.4, -0.2) is 22.2 Å². The number of carboxylic acids is 2. The normalized spacial score (nSPS) is 16.3. The topological polar surface area (TPSA) is 74.6 Å². The molecule has 0 spiro atoms. The Bertz CT molecular complexity index is 617. The molecule has 4 nitrogen and oxygen atoms in total. The number of rotatable bonds is 11. The smallest absolute Gasteiger partial charge is 0.310 e. The first kappa shape index (κ1) is 23.2. The largest absolute Gasteiger partial charge is 0.481 e. The van der Waals surface area contributed by atoms with Gasteiger partial charge in [-0.05, 0) is 43.6 Å². The van der Waals surface area contributed by atoms with Crippen molar-refractivity contribution in [2.24, 2.45) is 16.2 Å². The first-order valence-electron chi connectivity index (χ1n) is 9.99. The molecule has 1 aromatic rings. The van der Waals surface area contributed by atoms with Gasteiger partial charge in [0.15, 0.2) is 0 Å². The molecule has 0 amide bonds. The molecule has 0 heterocycles. The molecule has 152 valence electrons. The van der Waals surface area contributed by atoms with Crippen molar-refractivity contribution in [3.05, 3.63) is 35.9 Å². The maximum Gasteiger partial charge on any atom is 0.310 e. The van der Waals surface area contributed by atoms with E-state index >= 15 is 0 Å². The molecule has 2 atom stereocenters. The second kappa shape index (κ2) is 9.38. The van der Waals surface area contributed by atoms with Gasteiger partial charge < -0.3 is 10.2 Å². The molecule has 0 saturated carbocycles. The molecule has 0 aliphatic carbocycles. The average Bonchev–Trinajstić information content (AvgIpc) is 2.57. The molecule has 2 unspecified atom stereocenters. The molecular weight excluding hydrogens is 340 g/mol. The van der Waals surface area contributed by atoms with Gasteiger partial charge in [0, 0.05) is 0 Å². The number of aliphatic carboxylic acids is 2. The summed E-state index contributed by atoms with van der Waals surface area (Å²) in [5.41, 5.74) is -0.796. The minimum atomic E-state index is -0.792. The summed E-state index contributed by atoms with van der Waals surface area (Å²) < 4.78 is 0. The Hall–Kier alpha value is -1.84. The molecule has 1 aromatic carbocycles. The SMILES string of the molecule is CCC(CCCCCC(C)(Cc1ccccc1)C(=O)O)(C(=O)O)C(C)(C)C. The van der Waals surface area contributed by atoms with Gasteiger partial charge in [0.25, 0.3) is 0 Å². The summed E-state index contributed by atoms with van der Waals surface area (Å²) in [5, 5.41) is 19.5. The van der Waals surface area contributed by atoms with E-state index in [0.717, 1.165) is 24.8 Å². The number of unbranched alkanes of at least 4 members (excludes halogenated alkanes) is 2. The molecular formula is C23H36O4. The molecule has 2 N–H and O–H groups in total. The van der Waals surface area contributed by atoms with Crippen molar-refractivity contribution in [1.29, 1.82) is 0 Å². The van der Waals surface area contributed by atoms with Crippen LogP contribution in [-0.2, 0) is 16.0 Å². The zero-order valence-corrected chi connectivity index (χ0v) is 17.5. The summed E-state index contributed by atoms with van der Waals surface area (Å²) in [4.78, 5) is 23.8. The lowest BCUT2D eigenvalue weighted by atomic mass is 9.62. The molecule has 0 aliphatic rings. The number of benzene rings is 1. The summed E-state index contributed by atoms with van der Waals surface area (Å²) >= 11 is 0. The Morgan fingerprint density at radius 2 is 1.41 bits per heavy atom. The summed E-state index contributed by atoms with van der Waals surface area (Å²) in [5.74, 6) is -1.49. The average molecular weight is 377 g/mol. The van der Waals surface area contributed by atoms with Gasteiger partial charge in [-0.15, -0.1) is 0 Å². The number of carbonyl (C=O) groups is 2. The van der Waals surface area contributed by atoms with Crippen molar-refractivity contribution in [2.75, 3.05) is 0 Å². The van der Waals surface area contributed by atoms with E-state index in [1.807, 2.05) is 65.0 Å². The third-order valence-corrected chi connectivity index (χ3v) is 6.23. The highest BCUT2D eigenvalue weighted by atomic mass is 16.4. The summed E-state index contributed by atoms with van der Waals surface area (Å²) in [6.07, 6.45) is 4.79. The van der Waals surface area contributed by atoms with Crippen LogP contribution < -0.4 is 0 Å². The van der Waals surface area contributed by atoms with Gasteiger partial charge in [0.2, 0.25) is 0 Å². The maximum atomic E-state index is 11.9. The van der Waals surface area contributed by atoms with Crippen molar-refractivity contribution in [3.63, 3.8) is 0 Å². The molecule has 0 radical (unpaired) electrons. The van der Waals surface area contributed by atoms with Crippen LogP contribution in [0.2, 0.25) is 0 Å². The van der Waals surface area contributed by atoms with E-state index in [-0.39, 0.29) is 5.41 Å². The molecule has 0 fully saturated rings. The predicted molar refractivity (Wildman–Crippen MR) is 109 cm³/mol. The third-order valence-electron chi connectivity index (χ3n) is 6.23. The van der Waals surface area contributed by atoms with Crippen LogP contribution in [0.3, 0.4) is 0 Å². The van der Waals surface area contributed by atoms with Crippen LogP contribution in [0.4, 0.5) is 0 Å². The van der Waals surface area contributed by atoms with Gasteiger partial charge in [-0.3, -0.25) is 9.59 Å². The molecule has 0 bridgehead atoms. The number of hydrogen-bond donors (Lipinski definition) is 2. The summed E-state index contributed by atoms with van der Waals surface area (Å²) in [6.45, 7) is 9.73. The first-order valence-corrected chi connectivity index (χ1v) is 9.99. The van der Waals surface area contributed by atoms with E-state index in [1.54, 1.807) is 0 Å². The highest BCUT2D eigenvalue weighted by molar-refractivity contribution is 5.75. The summed E-state index contributed by atoms with van der Waals surface area (Å²) in [7, 11) is 0. The van der Waals surface area contributed by atoms with Crippen LogP contribution in [0.5, 0.6) is 0 Å². The standard InChI is InChI=1S/C23H36O4/c1-6-23(20(26)27,21(2,3)4)16-12-8-11-15-22(5,19(24)25)17-18-13-9-7-10-14-18/h7,9-10,13-14H,6,8,11-12,15-17H2,1-5H3,(H,24,25)(H,26,27). The Morgan fingerprint density at radius 3 is 1.85 bits per heavy atom. The van der Waals surface area contributed by atoms with Gasteiger partial charge in [0.1, 0.15) is 0 Å². The molecule has 1 rings (SSSR count). The lowest BCUT2D eigenvalue weighted by Crippen LogP contribution is -2.42. The van der Waals surface area contributed by atoms with Gasteiger partial charge in [-0.25, -0.2) is 0 Å². The van der Waals surface area contributed by atoms with Crippen molar-refractivity contribution in [3.8, 4) is 0 Å². The van der Waals surface area contributed by atoms with Gasteiger partial charge in [-0.2, -0.15) is 0 Å². The van der Waals surface area contributed by atoms with Crippen molar-refractivity contribution in [1.82, 2.24) is 0 Å². The van der Waals surface area contributed by atoms with Crippen molar-refractivity contribution in [2.45, 2.75) is 79.6 Å². The van der Waals surface area contributed by atoms with E-state index < -0.39 is 22.8 Å². The van der Waals surface area contributed by atoms with E-state index in [9.17, 15) is 19.8 Å². The monoisotopic (exact) mass is 376 g/mol. The van der Waals surface area contributed by atoms with E-state index in [0.29, 0.717) is 25.7 Å². The van der Waals surface area contributed by atoms with Gasteiger partial charge >= 0.3 is 11.9 Å². The molecule has 4 heteroatoms. The zero-order chi connectivity index (χ0) is 20.7. The Morgan fingerprint density at radius 1 is 0.852 bits per heavy atom. The lowest BCUT2D eigenvalue weighted by molar-refractivity contribution is -0.157. The molecule has 0 saturated heterocycles. The van der Waals surface area contributed by atoms with Crippen LogP contribution in [0.25, 0.3) is 0 Å². The van der Waals surface area contributed by atoms with Crippen LogP contribution >= 0.6 is 0 Å². The molecule has 0 aromatic heterocycles. The van der Waals surface area contributed by atoms with E-state index in [1.165, 1.54) is 0 Å². The number of hydrogen-bond acceptors (Lipinski definition) is 2. The van der Waals surface area contributed by atoms with Crippen LogP contribution in [0, 0.1) is 16.2 Å². The quantitative estimate of drug-likeness (QED) is 0.479. The van der Waals surface area contributed by atoms with Crippen molar-refractivity contribution >= 4 is 11.9 Å². The fourth-order valence-electron chi connectivity index (χ4n) is 4.10. The second-order valence-electron chi connectivity index (χ2n) is 9.08. The molecule has 0 aliphatic heterocycles. The zero-order valence-electron chi connectivity index (χ0n) is 17.5. The minimum Gasteiger partial charge on any atom is -0.481 e. The Balaban J connectivity index is 2.64. The fourth-order valence-corrected chi connectivity index (χ4v) is 4.10. The number of carboxylic acid groups (broad SMARTS) is 2. The van der Waals surface area contributed by atoms with Crippen molar-refractivity contribution < 1.29 is 19.8 Å². The lowest BCUT2D eigenvalue weighted by Gasteiger charge is -2.41. The maximum absolute atomic E-state index is 11.9. The predicted octanol–water partition coefficient (Wildman–Crippen LogP) is 5.80. The Kier molecular flexibility index (Phi) is 8.06.